The van der Waals surface area contributed by atoms with E-state index in [0.29, 0.717) is 6.42 Å². The van der Waals surface area contributed by atoms with Crippen LogP contribution in [-0.4, -0.2) is 60.8 Å². The minimum absolute atomic E-state index is 0.155. The molecule has 1 rings (SSSR count). The van der Waals surface area contributed by atoms with Crippen LogP contribution >= 0.6 is 11.8 Å². The molecular weight excluding hydrogens is 269 g/mol. The fourth-order valence-electron chi connectivity index (χ4n) is 1.84. The van der Waals surface area contributed by atoms with Gasteiger partial charge in [-0.1, -0.05) is 0 Å². The fraction of sp³-hybridized carbons (Fsp3) is 0.889. The number of thioether (sulfide) groups is 1. The quantitative estimate of drug-likeness (QED) is 0.695. The van der Waals surface area contributed by atoms with Gasteiger partial charge >= 0.3 is 10.2 Å². The second-order valence-corrected chi connectivity index (χ2v) is 6.57. The Labute approximate surface area is 105 Å². The third kappa shape index (κ3) is 3.82. The molecule has 1 N–H and O–H groups in total. The third-order valence-corrected chi connectivity index (χ3v) is 4.58. The number of aliphatic hydroxyl groups excluding tert-OH is 1. The fourth-order valence-corrected chi connectivity index (χ4v) is 3.03. The Morgan fingerprint density at radius 3 is 2.71 bits per heavy atom. The molecule has 0 saturated carbocycles. The van der Waals surface area contributed by atoms with E-state index in [1.165, 1.54) is 4.90 Å². The minimum atomic E-state index is -4.68. The molecule has 0 bridgehead atoms. The lowest BCUT2D eigenvalue weighted by atomic mass is 10.2. The maximum absolute atomic E-state index is 12.8. The van der Waals surface area contributed by atoms with Crippen LogP contribution in [0.1, 0.15) is 12.8 Å². The lowest BCUT2D eigenvalue weighted by molar-refractivity contribution is -0.130. The number of hydrogen-bond donors (Lipinski definition) is 1. The molecule has 8 heteroatoms. The van der Waals surface area contributed by atoms with E-state index < -0.39 is 27.4 Å². The minimum Gasteiger partial charge on any atom is -0.394 e. The molecule has 0 radical (unpaired) electrons. The van der Waals surface area contributed by atoms with Crippen LogP contribution in [0, 0.1) is 0 Å². The summed E-state index contributed by atoms with van der Waals surface area (Å²) in [6.45, 7) is -0.386. The summed E-state index contributed by atoms with van der Waals surface area (Å²) in [6.07, 6.45) is 2.14. The van der Waals surface area contributed by atoms with E-state index in [1.807, 2.05) is 6.26 Å². The van der Waals surface area contributed by atoms with Crippen molar-refractivity contribution in [2.24, 2.45) is 0 Å². The first-order valence-electron chi connectivity index (χ1n) is 5.23. The molecule has 1 saturated heterocycles. The molecule has 0 spiro atoms. The molecule has 0 aromatic rings. The molecule has 5 nitrogen and oxygen atoms in total. The first-order chi connectivity index (χ1) is 7.90. The number of halogens is 1. The molecule has 1 heterocycles. The molecule has 0 aliphatic carbocycles. The summed E-state index contributed by atoms with van der Waals surface area (Å²) in [6, 6.07) is -0.415. The zero-order chi connectivity index (χ0) is 13.1. The highest BCUT2D eigenvalue weighted by molar-refractivity contribution is 7.98. The van der Waals surface area contributed by atoms with Crippen LogP contribution in [-0.2, 0) is 15.0 Å². The van der Waals surface area contributed by atoms with Gasteiger partial charge in [-0.05, 0) is 18.4 Å². The molecule has 17 heavy (non-hydrogen) atoms. The van der Waals surface area contributed by atoms with Gasteiger partial charge < -0.3 is 10.0 Å². The Hall–Kier alpha value is -0.340. The number of carbonyl (C=O) groups excluding carboxylic acids is 1. The Morgan fingerprint density at radius 1 is 1.65 bits per heavy atom. The van der Waals surface area contributed by atoms with Gasteiger partial charge in [0.05, 0.1) is 12.6 Å². The Morgan fingerprint density at radius 2 is 2.29 bits per heavy atom. The van der Waals surface area contributed by atoms with Crippen molar-refractivity contribution in [2.75, 3.05) is 25.2 Å². The maximum Gasteiger partial charge on any atom is 0.307 e. The van der Waals surface area contributed by atoms with Crippen molar-refractivity contribution in [3.8, 4) is 0 Å². The number of amides is 1. The Bertz CT molecular complexity index is 373. The molecular formula is C9H16FNO4S2. The van der Waals surface area contributed by atoms with Gasteiger partial charge in [-0.15, -0.1) is 3.89 Å². The number of likely N-dealkylation sites (tertiary alicyclic amines) is 1. The normalized spacial score (nSPS) is 23.1. The van der Waals surface area contributed by atoms with Crippen LogP contribution in [0.3, 0.4) is 0 Å². The summed E-state index contributed by atoms with van der Waals surface area (Å²) >= 11 is 1.57. The number of nitrogens with zero attached hydrogens (tertiary/aromatic N) is 1. The zero-order valence-corrected chi connectivity index (χ0v) is 11.1. The highest BCUT2D eigenvalue weighted by Crippen LogP contribution is 2.23. The summed E-state index contributed by atoms with van der Waals surface area (Å²) in [7, 11) is -4.68. The average molecular weight is 285 g/mol. The number of rotatable bonds is 6. The maximum atomic E-state index is 12.8. The Kier molecular flexibility index (Phi) is 5.21. The lowest BCUT2D eigenvalue weighted by Crippen LogP contribution is -2.40. The molecule has 100 valence electrons. The first kappa shape index (κ1) is 14.7. The van der Waals surface area contributed by atoms with Gasteiger partial charge in [-0.2, -0.15) is 20.2 Å². The van der Waals surface area contributed by atoms with Crippen molar-refractivity contribution in [2.45, 2.75) is 24.1 Å². The van der Waals surface area contributed by atoms with Crippen molar-refractivity contribution in [3.05, 3.63) is 0 Å². The van der Waals surface area contributed by atoms with E-state index in [1.54, 1.807) is 11.8 Å². The number of hydrogen-bond acceptors (Lipinski definition) is 5. The molecule has 0 aromatic heterocycles. The predicted molar refractivity (Wildman–Crippen MR) is 64.0 cm³/mol. The molecule has 2 atom stereocenters. The smallest absolute Gasteiger partial charge is 0.307 e. The van der Waals surface area contributed by atoms with E-state index >= 15 is 0 Å². The third-order valence-electron chi connectivity index (χ3n) is 2.83. The second-order valence-electron chi connectivity index (χ2n) is 3.97. The standard InChI is InChI=1S/C9H16FNO4S2/c1-16-3-2-7(6-12)11-5-8(4-9(11)13)17(10,14)15/h7-8,12H,2-6H2,1H3/t7-,8?/m0/s1. The van der Waals surface area contributed by atoms with E-state index in [-0.39, 0.29) is 19.6 Å². The van der Waals surface area contributed by atoms with Crippen molar-refractivity contribution < 1.29 is 22.2 Å². The molecule has 1 fully saturated rings. The van der Waals surface area contributed by atoms with Crippen LogP contribution in [0.15, 0.2) is 0 Å². The van der Waals surface area contributed by atoms with Gasteiger partial charge in [0.2, 0.25) is 5.91 Å². The van der Waals surface area contributed by atoms with Crippen molar-refractivity contribution in [3.63, 3.8) is 0 Å². The summed E-state index contributed by atoms with van der Waals surface area (Å²) in [4.78, 5) is 12.8. The van der Waals surface area contributed by atoms with Gasteiger partial charge in [0.25, 0.3) is 0 Å². The van der Waals surface area contributed by atoms with Crippen LogP contribution in [0.5, 0.6) is 0 Å². The zero-order valence-electron chi connectivity index (χ0n) is 9.50. The second kappa shape index (κ2) is 6.01. The lowest BCUT2D eigenvalue weighted by Gasteiger charge is -2.26. The topological polar surface area (TPSA) is 74.7 Å². The predicted octanol–water partition coefficient (Wildman–Crippen LogP) is 0.000600. The highest BCUT2D eigenvalue weighted by atomic mass is 32.3. The van der Waals surface area contributed by atoms with Crippen LogP contribution in [0.4, 0.5) is 3.89 Å². The molecule has 1 aliphatic rings. The number of carbonyl (C=O) groups is 1. The molecule has 1 amide bonds. The number of aliphatic hydroxyl groups is 1. The van der Waals surface area contributed by atoms with Gasteiger partial charge in [-0.3, -0.25) is 4.79 Å². The molecule has 1 unspecified atom stereocenters. The largest absolute Gasteiger partial charge is 0.394 e. The average Bonchev–Trinajstić information content (AvgIpc) is 2.62. The molecule has 1 aliphatic heterocycles. The Balaban J connectivity index is 2.68. The van der Waals surface area contributed by atoms with E-state index in [2.05, 4.69) is 0 Å². The summed E-state index contributed by atoms with van der Waals surface area (Å²) in [5.41, 5.74) is 0. The van der Waals surface area contributed by atoms with E-state index in [0.717, 1.165) is 5.75 Å². The first-order valence-corrected chi connectivity index (χ1v) is 8.07. The van der Waals surface area contributed by atoms with Crippen molar-refractivity contribution in [1.82, 2.24) is 4.90 Å². The highest BCUT2D eigenvalue weighted by Gasteiger charge is 2.40. The van der Waals surface area contributed by atoms with Crippen LogP contribution in [0.2, 0.25) is 0 Å². The SMILES string of the molecule is CSCC[C@@H](CO)N1CC(S(=O)(=O)F)CC1=O. The van der Waals surface area contributed by atoms with E-state index in [9.17, 15) is 22.2 Å². The van der Waals surface area contributed by atoms with Gasteiger partial charge in [-0.25, -0.2) is 0 Å². The van der Waals surface area contributed by atoms with Gasteiger partial charge in [0.1, 0.15) is 5.25 Å². The van der Waals surface area contributed by atoms with Gasteiger partial charge in [0.15, 0.2) is 0 Å². The van der Waals surface area contributed by atoms with Gasteiger partial charge in [0, 0.05) is 13.0 Å². The van der Waals surface area contributed by atoms with Crippen molar-refractivity contribution in [1.29, 1.82) is 0 Å². The van der Waals surface area contributed by atoms with Crippen LogP contribution < -0.4 is 0 Å². The summed E-state index contributed by atoms with van der Waals surface area (Å²) in [5, 5.41) is 7.89. The monoisotopic (exact) mass is 285 g/mol. The van der Waals surface area contributed by atoms with Crippen LogP contribution in [0.25, 0.3) is 0 Å². The van der Waals surface area contributed by atoms with E-state index in [4.69, 9.17) is 0 Å². The summed E-state index contributed by atoms with van der Waals surface area (Å²) in [5.74, 6) is 0.346. The molecule has 0 aromatic carbocycles. The van der Waals surface area contributed by atoms with Crippen molar-refractivity contribution >= 4 is 27.9 Å². The summed E-state index contributed by atoms with van der Waals surface area (Å²) < 4.78 is 34.3.